The highest BCUT2D eigenvalue weighted by Crippen LogP contribution is 2.22. The van der Waals surface area contributed by atoms with Crippen molar-refractivity contribution in [3.05, 3.63) is 78.3 Å². The summed E-state index contributed by atoms with van der Waals surface area (Å²) in [6.45, 7) is 2.75. The molecule has 1 aliphatic heterocycles. The van der Waals surface area contributed by atoms with Crippen molar-refractivity contribution in [2.75, 3.05) is 38.2 Å². The van der Waals surface area contributed by atoms with Crippen molar-refractivity contribution in [2.24, 2.45) is 0 Å². The summed E-state index contributed by atoms with van der Waals surface area (Å²) in [7, 11) is 0.450. The largest absolute Gasteiger partial charge is 0.497 e. The van der Waals surface area contributed by atoms with Crippen LogP contribution in [0.2, 0.25) is 0 Å². The molecular weight excluding hydrogens is 400 g/mol. The average Bonchev–Trinajstić information content (AvgIpc) is 3.28. The van der Waals surface area contributed by atoms with Crippen LogP contribution in [0.5, 0.6) is 5.75 Å². The van der Waals surface area contributed by atoms with Gasteiger partial charge in [0.15, 0.2) is 5.76 Å². The van der Waals surface area contributed by atoms with Gasteiger partial charge in [-0.1, -0.05) is 18.2 Å². The van der Waals surface area contributed by atoms with E-state index in [1.165, 1.54) is 0 Å². The van der Waals surface area contributed by atoms with Gasteiger partial charge in [0.2, 0.25) is 0 Å². The Bertz CT molecular complexity index is 1010. The summed E-state index contributed by atoms with van der Waals surface area (Å²) in [5.74, 6) is 1.81. The first-order chi connectivity index (χ1) is 14.6. The lowest BCUT2D eigenvalue weighted by Gasteiger charge is -2.35. The van der Waals surface area contributed by atoms with E-state index in [-0.39, 0.29) is 11.7 Å². The Hall–Kier alpha value is -3.06. The maximum atomic E-state index is 12.8. The van der Waals surface area contributed by atoms with E-state index in [4.69, 9.17) is 9.15 Å². The molecule has 0 bridgehead atoms. The number of piperazine rings is 1. The van der Waals surface area contributed by atoms with Crippen LogP contribution in [0.4, 0.5) is 5.69 Å². The summed E-state index contributed by atoms with van der Waals surface area (Å²) in [4.78, 5) is 17.6. The minimum absolute atomic E-state index is 0.124. The normalized spacial score (nSPS) is 15.1. The summed E-state index contributed by atoms with van der Waals surface area (Å²) >= 11 is 0. The SMILES string of the molecule is COc1ccc(N2CCN(C(=O)c3ccc(C[S@](=O)c4ccccc4)o3)CC2)cc1. The number of carbonyl (C=O) groups is 1. The molecule has 0 N–H and O–H groups in total. The monoisotopic (exact) mass is 424 g/mol. The number of anilines is 1. The first kappa shape index (κ1) is 20.2. The van der Waals surface area contributed by atoms with Crippen molar-refractivity contribution in [1.29, 1.82) is 0 Å². The number of amides is 1. The van der Waals surface area contributed by atoms with Gasteiger partial charge in [-0.25, -0.2) is 0 Å². The van der Waals surface area contributed by atoms with E-state index in [0.717, 1.165) is 29.4 Å². The Kier molecular flexibility index (Phi) is 6.18. The summed E-state index contributed by atoms with van der Waals surface area (Å²) in [5, 5.41) is 0. The van der Waals surface area contributed by atoms with Crippen molar-refractivity contribution >= 4 is 22.4 Å². The van der Waals surface area contributed by atoms with Crippen molar-refractivity contribution in [1.82, 2.24) is 4.90 Å². The molecule has 1 fully saturated rings. The van der Waals surface area contributed by atoms with Gasteiger partial charge >= 0.3 is 0 Å². The topological polar surface area (TPSA) is 63.0 Å². The number of hydrogen-bond donors (Lipinski definition) is 0. The standard InChI is InChI=1S/C23H24N2O4S/c1-28-19-9-7-18(8-10-19)24-13-15-25(16-14-24)23(26)22-12-11-20(29-22)17-30(27)21-5-3-2-4-6-21/h2-12H,13-17H2,1H3/t30-/m0/s1. The van der Waals surface area contributed by atoms with Crippen LogP contribution >= 0.6 is 0 Å². The first-order valence-corrected chi connectivity index (χ1v) is 11.2. The molecule has 1 aliphatic rings. The number of furan rings is 1. The number of ether oxygens (including phenoxy) is 1. The molecule has 0 unspecified atom stereocenters. The van der Waals surface area contributed by atoms with Crippen LogP contribution in [0.25, 0.3) is 0 Å². The van der Waals surface area contributed by atoms with Crippen LogP contribution in [0, 0.1) is 0 Å². The van der Waals surface area contributed by atoms with Crippen LogP contribution in [-0.2, 0) is 16.6 Å². The lowest BCUT2D eigenvalue weighted by atomic mass is 10.2. The summed E-state index contributed by atoms with van der Waals surface area (Å²) in [5.41, 5.74) is 1.12. The van der Waals surface area contributed by atoms with Gasteiger partial charge in [-0.3, -0.25) is 9.00 Å². The summed E-state index contributed by atoms with van der Waals surface area (Å²) in [6.07, 6.45) is 0. The maximum absolute atomic E-state index is 12.8. The Morgan fingerprint density at radius 3 is 2.33 bits per heavy atom. The smallest absolute Gasteiger partial charge is 0.289 e. The maximum Gasteiger partial charge on any atom is 0.289 e. The fraction of sp³-hybridized carbons (Fsp3) is 0.261. The van der Waals surface area contributed by atoms with Gasteiger partial charge in [0.05, 0.1) is 23.7 Å². The molecule has 0 radical (unpaired) electrons. The lowest BCUT2D eigenvalue weighted by molar-refractivity contribution is 0.0713. The zero-order chi connectivity index (χ0) is 20.9. The molecule has 3 aromatic rings. The third-order valence-electron chi connectivity index (χ3n) is 5.16. The van der Waals surface area contributed by atoms with Gasteiger partial charge in [-0.15, -0.1) is 0 Å². The molecule has 0 saturated carbocycles. The molecule has 6 nitrogen and oxygen atoms in total. The minimum atomic E-state index is -1.20. The Balaban J connectivity index is 1.33. The number of carbonyl (C=O) groups excluding carboxylic acids is 1. The van der Waals surface area contributed by atoms with Gasteiger partial charge in [0.1, 0.15) is 11.5 Å². The molecule has 1 aromatic heterocycles. The molecule has 2 aromatic carbocycles. The fourth-order valence-corrected chi connectivity index (χ4v) is 4.51. The quantitative estimate of drug-likeness (QED) is 0.606. The van der Waals surface area contributed by atoms with Gasteiger partial charge in [0, 0.05) is 36.8 Å². The zero-order valence-corrected chi connectivity index (χ0v) is 17.6. The van der Waals surface area contributed by atoms with Crippen molar-refractivity contribution in [3.63, 3.8) is 0 Å². The van der Waals surface area contributed by atoms with Crippen LogP contribution < -0.4 is 9.64 Å². The highest BCUT2D eigenvalue weighted by atomic mass is 32.2. The van der Waals surface area contributed by atoms with Gasteiger partial charge in [0.25, 0.3) is 5.91 Å². The van der Waals surface area contributed by atoms with Crippen LogP contribution in [0.1, 0.15) is 16.3 Å². The number of methoxy groups -OCH3 is 1. The highest BCUT2D eigenvalue weighted by Gasteiger charge is 2.24. The van der Waals surface area contributed by atoms with Gasteiger partial charge < -0.3 is 19.0 Å². The number of nitrogens with zero attached hydrogens (tertiary/aromatic N) is 2. The first-order valence-electron chi connectivity index (χ1n) is 9.84. The van der Waals surface area contributed by atoms with Crippen LogP contribution in [0.15, 0.2) is 76.0 Å². The summed E-state index contributed by atoms with van der Waals surface area (Å²) in [6, 6.07) is 20.6. The van der Waals surface area contributed by atoms with Gasteiger partial charge in [-0.05, 0) is 48.5 Å². The molecule has 0 aliphatic carbocycles. The third-order valence-corrected chi connectivity index (χ3v) is 6.50. The molecule has 1 atom stereocenters. The lowest BCUT2D eigenvalue weighted by Crippen LogP contribution is -2.48. The van der Waals surface area contributed by atoms with E-state index < -0.39 is 10.8 Å². The molecule has 1 saturated heterocycles. The predicted molar refractivity (Wildman–Crippen MR) is 116 cm³/mol. The second kappa shape index (κ2) is 9.17. The second-order valence-electron chi connectivity index (χ2n) is 7.05. The predicted octanol–water partition coefficient (Wildman–Crippen LogP) is 3.56. The minimum Gasteiger partial charge on any atom is -0.497 e. The second-order valence-corrected chi connectivity index (χ2v) is 8.50. The summed E-state index contributed by atoms with van der Waals surface area (Å²) < 4.78 is 23.4. The fourth-order valence-electron chi connectivity index (χ4n) is 3.47. The van der Waals surface area contributed by atoms with E-state index in [2.05, 4.69) is 4.90 Å². The molecule has 1 amide bonds. The Morgan fingerprint density at radius 1 is 0.967 bits per heavy atom. The molecule has 7 heteroatoms. The van der Waals surface area contributed by atoms with Crippen molar-refractivity contribution in [3.8, 4) is 5.75 Å². The third kappa shape index (κ3) is 4.57. The zero-order valence-electron chi connectivity index (χ0n) is 16.8. The van der Waals surface area contributed by atoms with E-state index in [1.54, 1.807) is 24.1 Å². The van der Waals surface area contributed by atoms with Crippen molar-refractivity contribution < 1.29 is 18.2 Å². The van der Waals surface area contributed by atoms with E-state index in [9.17, 15) is 9.00 Å². The number of hydrogen-bond acceptors (Lipinski definition) is 5. The molecule has 4 rings (SSSR count). The molecule has 2 heterocycles. The number of rotatable bonds is 6. The van der Waals surface area contributed by atoms with E-state index >= 15 is 0 Å². The average molecular weight is 425 g/mol. The van der Waals surface area contributed by atoms with Crippen molar-refractivity contribution in [2.45, 2.75) is 10.6 Å². The molecular formula is C23H24N2O4S. The molecule has 156 valence electrons. The molecule has 0 spiro atoms. The van der Waals surface area contributed by atoms with E-state index in [0.29, 0.717) is 24.6 Å². The Labute approximate surface area is 178 Å². The van der Waals surface area contributed by atoms with Crippen LogP contribution in [0.3, 0.4) is 0 Å². The van der Waals surface area contributed by atoms with Gasteiger partial charge in [-0.2, -0.15) is 0 Å². The molecule has 30 heavy (non-hydrogen) atoms. The number of benzene rings is 2. The van der Waals surface area contributed by atoms with Crippen LogP contribution in [-0.4, -0.2) is 48.3 Å². The Morgan fingerprint density at radius 2 is 1.67 bits per heavy atom. The highest BCUT2D eigenvalue weighted by molar-refractivity contribution is 7.84. The van der Waals surface area contributed by atoms with E-state index in [1.807, 2.05) is 54.6 Å².